The highest BCUT2D eigenvalue weighted by atomic mass is 127. The molecule has 0 radical (unpaired) electrons. The molecule has 0 bridgehead atoms. The Balaban J connectivity index is 2.98. The Hall–Kier alpha value is -0.970. The first-order chi connectivity index (χ1) is 6.38. The van der Waals surface area contributed by atoms with Gasteiger partial charge in [0.05, 0.1) is 4.22 Å². The number of hydrogen-bond donors (Lipinski definition) is 1. The molecule has 0 spiro atoms. The number of allylic oxidation sites excluding steroid dienone is 1. The molecule has 3 heteroatoms. The van der Waals surface area contributed by atoms with E-state index in [1.165, 1.54) is 6.21 Å². The largest absolute Gasteiger partial charge is 0.308 e. The first kappa shape index (κ1) is 10.1. The molecule has 0 amide bonds. The summed E-state index contributed by atoms with van der Waals surface area (Å²) in [5.41, 5.74) is 1.83. The van der Waals surface area contributed by atoms with Crippen molar-refractivity contribution in [1.82, 2.24) is 0 Å². The van der Waals surface area contributed by atoms with Gasteiger partial charge in [0.25, 0.3) is 0 Å². The lowest BCUT2D eigenvalue weighted by molar-refractivity contribution is 1.54. The standard InChI is InChI=1S/C10H9IN2/c11-8-13-7-10(6-12)9-4-2-1-3-5-9/h1-8,12H/b10-7+,12-6?,13-8-. The van der Waals surface area contributed by atoms with E-state index in [-0.39, 0.29) is 0 Å². The fourth-order valence-electron chi connectivity index (χ4n) is 0.934. The number of benzene rings is 1. The van der Waals surface area contributed by atoms with Crippen molar-refractivity contribution in [2.24, 2.45) is 4.99 Å². The lowest BCUT2D eigenvalue weighted by Crippen LogP contribution is -1.83. The molecule has 2 nitrogen and oxygen atoms in total. The maximum Gasteiger partial charge on any atom is 0.0651 e. The highest BCUT2D eigenvalue weighted by Gasteiger charge is 1.94. The molecule has 13 heavy (non-hydrogen) atoms. The maximum atomic E-state index is 7.21. The van der Waals surface area contributed by atoms with E-state index >= 15 is 0 Å². The van der Waals surface area contributed by atoms with Gasteiger partial charge in [0, 0.05) is 18.0 Å². The molecule has 1 rings (SSSR count). The van der Waals surface area contributed by atoms with Gasteiger partial charge in [-0.15, -0.1) is 0 Å². The van der Waals surface area contributed by atoms with Gasteiger partial charge in [0.15, 0.2) is 0 Å². The number of nitrogens with zero attached hydrogens (tertiary/aromatic N) is 1. The molecule has 1 N–H and O–H groups in total. The summed E-state index contributed by atoms with van der Waals surface area (Å²) in [4.78, 5) is 3.97. The lowest BCUT2D eigenvalue weighted by atomic mass is 10.1. The molecule has 0 fully saturated rings. The Morgan fingerprint density at radius 3 is 2.54 bits per heavy atom. The van der Waals surface area contributed by atoms with Crippen LogP contribution in [0, 0.1) is 5.41 Å². The van der Waals surface area contributed by atoms with Gasteiger partial charge >= 0.3 is 0 Å². The van der Waals surface area contributed by atoms with Crippen molar-refractivity contribution < 1.29 is 0 Å². The van der Waals surface area contributed by atoms with Gasteiger partial charge in [0.2, 0.25) is 0 Å². The predicted molar refractivity (Wildman–Crippen MR) is 65.7 cm³/mol. The van der Waals surface area contributed by atoms with Crippen molar-refractivity contribution in [1.29, 1.82) is 5.41 Å². The minimum atomic E-state index is 0.813. The fourth-order valence-corrected chi connectivity index (χ4v) is 1.10. The number of aliphatic imine (C=N–C) groups is 1. The van der Waals surface area contributed by atoms with Crippen molar-refractivity contribution in [3.63, 3.8) is 0 Å². The number of nitrogens with one attached hydrogen (secondary N) is 1. The van der Waals surface area contributed by atoms with Gasteiger partial charge in [-0.1, -0.05) is 30.3 Å². The highest BCUT2D eigenvalue weighted by molar-refractivity contribution is 14.1. The van der Waals surface area contributed by atoms with E-state index in [4.69, 9.17) is 5.41 Å². The zero-order valence-electron chi connectivity index (χ0n) is 6.94. The number of hydrogen-bond acceptors (Lipinski definition) is 2. The predicted octanol–water partition coefficient (Wildman–Crippen LogP) is 3.14. The van der Waals surface area contributed by atoms with Crippen molar-refractivity contribution in [3.8, 4) is 0 Å². The Morgan fingerprint density at radius 1 is 1.31 bits per heavy atom. The second-order valence-electron chi connectivity index (χ2n) is 2.34. The summed E-state index contributed by atoms with van der Waals surface area (Å²) < 4.78 is 1.67. The molecule has 0 atom stereocenters. The zero-order chi connectivity index (χ0) is 9.52. The molecule has 0 aliphatic rings. The van der Waals surface area contributed by atoms with Gasteiger partial charge in [-0.3, -0.25) is 4.99 Å². The maximum absolute atomic E-state index is 7.21. The van der Waals surface area contributed by atoms with E-state index in [2.05, 4.69) is 4.99 Å². The third-order valence-corrected chi connectivity index (χ3v) is 1.85. The van der Waals surface area contributed by atoms with E-state index in [1.54, 1.807) is 10.4 Å². The van der Waals surface area contributed by atoms with Crippen molar-refractivity contribution in [3.05, 3.63) is 42.1 Å². The molecule has 0 aliphatic carbocycles. The second-order valence-corrected chi connectivity index (χ2v) is 2.90. The number of halogens is 1. The minimum Gasteiger partial charge on any atom is -0.308 e. The van der Waals surface area contributed by atoms with E-state index in [0.29, 0.717) is 0 Å². The van der Waals surface area contributed by atoms with Crippen LogP contribution in [0.1, 0.15) is 5.56 Å². The quantitative estimate of drug-likeness (QED) is 0.654. The van der Waals surface area contributed by atoms with Crippen LogP contribution in [0.5, 0.6) is 0 Å². The minimum absolute atomic E-state index is 0.813. The molecule has 0 aromatic heterocycles. The summed E-state index contributed by atoms with van der Waals surface area (Å²) in [5.74, 6) is 0. The average molecular weight is 284 g/mol. The normalized spacial score (nSPS) is 11.9. The SMILES string of the molecule is N=C/C(=C\N=C/I)c1ccccc1. The summed E-state index contributed by atoms with van der Waals surface area (Å²) in [6, 6.07) is 9.76. The molecular weight excluding hydrogens is 275 g/mol. The lowest BCUT2D eigenvalue weighted by Gasteiger charge is -1.97. The van der Waals surface area contributed by atoms with Crippen LogP contribution in [0.2, 0.25) is 0 Å². The van der Waals surface area contributed by atoms with Gasteiger partial charge in [-0.2, -0.15) is 0 Å². The summed E-state index contributed by atoms with van der Waals surface area (Å²) in [5, 5.41) is 7.21. The molecule has 1 aromatic rings. The third kappa shape index (κ3) is 3.10. The van der Waals surface area contributed by atoms with E-state index < -0.39 is 0 Å². The smallest absolute Gasteiger partial charge is 0.0651 e. The van der Waals surface area contributed by atoms with Gasteiger partial charge < -0.3 is 5.41 Å². The summed E-state index contributed by atoms with van der Waals surface area (Å²) >= 11 is 2.05. The summed E-state index contributed by atoms with van der Waals surface area (Å²) in [7, 11) is 0. The summed E-state index contributed by atoms with van der Waals surface area (Å²) in [6.07, 6.45) is 2.98. The first-order valence-corrected chi connectivity index (χ1v) is 5.01. The van der Waals surface area contributed by atoms with E-state index in [1.807, 2.05) is 52.9 Å². The fraction of sp³-hybridized carbons (Fsp3) is 0. The molecule has 0 aliphatic heterocycles. The Kier molecular flexibility index (Phi) is 4.39. The Labute approximate surface area is 91.0 Å². The van der Waals surface area contributed by atoms with Crippen LogP contribution in [-0.2, 0) is 0 Å². The Bertz CT molecular complexity index is 328. The average Bonchev–Trinajstić information content (AvgIpc) is 2.21. The van der Waals surface area contributed by atoms with Crippen LogP contribution in [0.3, 0.4) is 0 Å². The van der Waals surface area contributed by atoms with Crippen LogP contribution < -0.4 is 0 Å². The van der Waals surface area contributed by atoms with Crippen molar-refractivity contribution >= 4 is 38.6 Å². The molecule has 0 saturated carbocycles. The van der Waals surface area contributed by atoms with Gasteiger partial charge in [0.1, 0.15) is 0 Å². The molecular formula is C10H9IN2. The first-order valence-electron chi connectivity index (χ1n) is 3.76. The highest BCUT2D eigenvalue weighted by Crippen LogP contribution is 2.10. The summed E-state index contributed by atoms with van der Waals surface area (Å²) in [6.45, 7) is 0. The van der Waals surface area contributed by atoms with Crippen LogP contribution in [0.25, 0.3) is 5.57 Å². The van der Waals surface area contributed by atoms with Crippen LogP contribution >= 0.6 is 22.6 Å². The molecule has 1 aromatic carbocycles. The van der Waals surface area contributed by atoms with Crippen LogP contribution in [0.15, 0.2) is 41.5 Å². The van der Waals surface area contributed by atoms with Crippen LogP contribution in [0.4, 0.5) is 0 Å². The van der Waals surface area contributed by atoms with Gasteiger partial charge in [-0.05, 0) is 28.2 Å². The molecule has 0 saturated heterocycles. The monoisotopic (exact) mass is 284 g/mol. The molecule has 0 unspecified atom stereocenters. The Morgan fingerprint density at radius 2 is 2.00 bits per heavy atom. The van der Waals surface area contributed by atoms with Gasteiger partial charge in [-0.25, -0.2) is 0 Å². The topological polar surface area (TPSA) is 36.2 Å². The third-order valence-electron chi connectivity index (χ3n) is 1.53. The molecule has 66 valence electrons. The molecule has 0 heterocycles. The van der Waals surface area contributed by atoms with E-state index in [9.17, 15) is 0 Å². The zero-order valence-corrected chi connectivity index (χ0v) is 9.10. The van der Waals surface area contributed by atoms with Crippen LogP contribution in [-0.4, -0.2) is 10.4 Å². The second kappa shape index (κ2) is 5.64. The van der Waals surface area contributed by atoms with Crippen molar-refractivity contribution in [2.45, 2.75) is 0 Å². The number of rotatable bonds is 3. The van der Waals surface area contributed by atoms with E-state index in [0.717, 1.165) is 11.1 Å². The van der Waals surface area contributed by atoms with Crippen molar-refractivity contribution in [2.75, 3.05) is 0 Å².